The summed E-state index contributed by atoms with van der Waals surface area (Å²) in [6.45, 7) is 6.06. The topological polar surface area (TPSA) is 75.4 Å². The van der Waals surface area contributed by atoms with Gasteiger partial charge in [0, 0.05) is 32.5 Å². The molecule has 0 unspecified atom stereocenters. The van der Waals surface area contributed by atoms with Gasteiger partial charge in [-0.1, -0.05) is 18.5 Å². The lowest BCUT2D eigenvalue weighted by atomic mass is 10.2. The SMILES string of the molecule is CCCCC(=O)NCCN(C(C)=O)c1cc(C)on1. The molecule has 1 aromatic rings. The van der Waals surface area contributed by atoms with Gasteiger partial charge >= 0.3 is 0 Å². The van der Waals surface area contributed by atoms with Gasteiger partial charge in [-0.05, 0) is 13.3 Å². The third-order valence-corrected chi connectivity index (χ3v) is 2.69. The highest BCUT2D eigenvalue weighted by molar-refractivity contribution is 5.90. The molecule has 0 radical (unpaired) electrons. The van der Waals surface area contributed by atoms with Gasteiger partial charge in [-0.25, -0.2) is 0 Å². The molecule has 6 nitrogen and oxygen atoms in total. The molecule has 106 valence electrons. The molecule has 0 spiro atoms. The Morgan fingerprint density at radius 3 is 2.74 bits per heavy atom. The Balaban J connectivity index is 2.43. The molecule has 0 bridgehead atoms. The number of hydrogen-bond donors (Lipinski definition) is 1. The molecule has 2 amide bonds. The van der Waals surface area contributed by atoms with Crippen molar-refractivity contribution in [2.45, 2.75) is 40.0 Å². The van der Waals surface area contributed by atoms with Gasteiger partial charge in [-0.15, -0.1) is 0 Å². The van der Waals surface area contributed by atoms with Crippen LogP contribution in [0.5, 0.6) is 0 Å². The fourth-order valence-corrected chi connectivity index (χ4v) is 1.65. The van der Waals surface area contributed by atoms with Crippen molar-refractivity contribution in [1.29, 1.82) is 0 Å². The van der Waals surface area contributed by atoms with E-state index >= 15 is 0 Å². The van der Waals surface area contributed by atoms with Gasteiger partial charge in [0.15, 0.2) is 5.82 Å². The molecule has 0 aliphatic carbocycles. The first-order chi connectivity index (χ1) is 9.04. The lowest BCUT2D eigenvalue weighted by molar-refractivity contribution is -0.121. The number of aromatic nitrogens is 1. The maximum absolute atomic E-state index is 11.5. The van der Waals surface area contributed by atoms with Crippen molar-refractivity contribution in [3.63, 3.8) is 0 Å². The summed E-state index contributed by atoms with van der Waals surface area (Å²) in [5.41, 5.74) is 0. The van der Waals surface area contributed by atoms with Crippen molar-refractivity contribution in [1.82, 2.24) is 10.5 Å². The van der Waals surface area contributed by atoms with Gasteiger partial charge in [0.2, 0.25) is 11.8 Å². The number of anilines is 1. The summed E-state index contributed by atoms with van der Waals surface area (Å²) < 4.78 is 4.94. The van der Waals surface area contributed by atoms with Crippen LogP contribution < -0.4 is 10.2 Å². The Bertz CT molecular complexity index is 429. The molecular formula is C13H21N3O3. The Hall–Kier alpha value is -1.85. The van der Waals surface area contributed by atoms with Gasteiger partial charge in [0.1, 0.15) is 5.76 Å². The second-order valence-electron chi connectivity index (χ2n) is 4.42. The normalized spacial score (nSPS) is 10.3. The third-order valence-electron chi connectivity index (χ3n) is 2.69. The number of hydrogen-bond acceptors (Lipinski definition) is 4. The zero-order valence-corrected chi connectivity index (χ0v) is 11.7. The van der Waals surface area contributed by atoms with Crippen LogP contribution in [0.3, 0.4) is 0 Å². The fourth-order valence-electron chi connectivity index (χ4n) is 1.65. The standard InChI is InChI=1S/C13H21N3O3/c1-4-5-6-13(18)14-7-8-16(11(3)17)12-9-10(2)19-15-12/h9H,4-8H2,1-3H3,(H,14,18). The predicted octanol–water partition coefficient (Wildman–Crippen LogP) is 1.64. The van der Waals surface area contributed by atoms with E-state index in [4.69, 9.17) is 4.52 Å². The average Bonchev–Trinajstić information content (AvgIpc) is 2.78. The smallest absolute Gasteiger partial charge is 0.225 e. The van der Waals surface area contributed by atoms with Gasteiger partial charge in [-0.3, -0.25) is 14.5 Å². The van der Waals surface area contributed by atoms with E-state index in [9.17, 15) is 9.59 Å². The van der Waals surface area contributed by atoms with Gasteiger partial charge in [0.05, 0.1) is 0 Å². The molecule has 0 atom stereocenters. The molecule has 6 heteroatoms. The molecule has 0 fully saturated rings. The number of amides is 2. The average molecular weight is 267 g/mol. The van der Waals surface area contributed by atoms with Crippen LogP contribution in [-0.2, 0) is 9.59 Å². The van der Waals surface area contributed by atoms with E-state index in [0.29, 0.717) is 31.1 Å². The van der Waals surface area contributed by atoms with E-state index in [0.717, 1.165) is 12.8 Å². The number of nitrogens with zero attached hydrogens (tertiary/aromatic N) is 2. The molecule has 0 saturated heterocycles. The van der Waals surface area contributed by atoms with Crippen LogP contribution in [0, 0.1) is 6.92 Å². The molecule has 1 rings (SSSR count). The van der Waals surface area contributed by atoms with Crippen LogP contribution in [0.1, 0.15) is 38.9 Å². The van der Waals surface area contributed by atoms with Crippen LogP contribution in [0.25, 0.3) is 0 Å². The largest absolute Gasteiger partial charge is 0.360 e. The molecule has 0 saturated carbocycles. The zero-order valence-electron chi connectivity index (χ0n) is 11.7. The molecule has 1 aromatic heterocycles. The highest BCUT2D eigenvalue weighted by Crippen LogP contribution is 2.13. The lowest BCUT2D eigenvalue weighted by Crippen LogP contribution is -2.37. The summed E-state index contributed by atoms with van der Waals surface area (Å²) in [6.07, 6.45) is 2.40. The van der Waals surface area contributed by atoms with Crippen molar-refractivity contribution >= 4 is 17.6 Å². The highest BCUT2D eigenvalue weighted by Gasteiger charge is 2.15. The Labute approximate surface area is 113 Å². The highest BCUT2D eigenvalue weighted by atomic mass is 16.5. The quantitative estimate of drug-likeness (QED) is 0.815. The summed E-state index contributed by atoms with van der Waals surface area (Å²) in [5.74, 6) is 1.01. The molecule has 0 aromatic carbocycles. The maximum Gasteiger partial charge on any atom is 0.225 e. The van der Waals surface area contributed by atoms with Crippen LogP contribution in [-0.4, -0.2) is 30.1 Å². The summed E-state index contributed by atoms with van der Waals surface area (Å²) in [4.78, 5) is 24.5. The molecule has 1 N–H and O–H groups in total. The molecular weight excluding hydrogens is 246 g/mol. The van der Waals surface area contributed by atoms with E-state index in [2.05, 4.69) is 10.5 Å². The summed E-state index contributed by atoms with van der Waals surface area (Å²) in [7, 11) is 0. The zero-order chi connectivity index (χ0) is 14.3. The van der Waals surface area contributed by atoms with E-state index in [1.165, 1.54) is 11.8 Å². The molecule has 1 heterocycles. The minimum atomic E-state index is -0.129. The van der Waals surface area contributed by atoms with Crippen LogP contribution in [0.15, 0.2) is 10.6 Å². The molecule has 0 aliphatic heterocycles. The first kappa shape index (κ1) is 15.2. The summed E-state index contributed by atoms with van der Waals surface area (Å²) >= 11 is 0. The maximum atomic E-state index is 11.5. The number of unbranched alkanes of at least 4 members (excludes halogenated alkanes) is 1. The second-order valence-corrected chi connectivity index (χ2v) is 4.42. The van der Waals surface area contributed by atoms with Crippen molar-refractivity contribution in [3.05, 3.63) is 11.8 Å². The Morgan fingerprint density at radius 2 is 2.21 bits per heavy atom. The third kappa shape index (κ3) is 5.11. The van der Waals surface area contributed by atoms with E-state index in [1.54, 1.807) is 13.0 Å². The number of carbonyl (C=O) groups is 2. The Morgan fingerprint density at radius 1 is 1.47 bits per heavy atom. The number of nitrogens with one attached hydrogen (secondary N) is 1. The predicted molar refractivity (Wildman–Crippen MR) is 71.8 cm³/mol. The first-order valence-corrected chi connectivity index (χ1v) is 6.52. The Kier molecular flexibility index (Phi) is 6.05. The number of aryl methyl sites for hydroxylation is 1. The molecule has 19 heavy (non-hydrogen) atoms. The minimum Gasteiger partial charge on any atom is -0.360 e. The lowest BCUT2D eigenvalue weighted by Gasteiger charge is -2.17. The van der Waals surface area contributed by atoms with Crippen LogP contribution in [0.2, 0.25) is 0 Å². The first-order valence-electron chi connectivity index (χ1n) is 6.52. The van der Waals surface area contributed by atoms with Gasteiger partial charge in [0.25, 0.3) is 0 Å². The van der Waals surface area contributed by atoms with Crippen LogP contribution in [0.4, 0.5) is 5.82 Å². The summed E-state index contributed by atoms with van der Waals surface area (Å²) in [6, 6.07) is 1.69. The number of carbonyl (C=O) groups excluding carboxylic acids is 2. The number of rotatable bonds is 7. The summed E-state index contributed by atoms with van der Waals surface area (Å²) in [5, 5.41) is 6.59. The van der Waals surface area contributed by atoms with E-state index in [-0.39, 0.29) is 11.8 Å². The molecule has 0 aliphatic rings. The van der Waals surface area contributed by atoms with Gasteiger partial charge in [-0.2, -0.15) is 0 Å². The van der Waals surface area contributed by atoms with Crippen molar-refractivity contribution in [2.75, 3.05) is 18.0 Å². The van der Waals surface area contributed by atoms with Crippen LogP contribution >= 0.6 is 0 Å². The van der Waals surface area contributed by atoms with Crippen molar-refractivity contribution < 1.29 is 14.1 Å². The van der Waals surface area contributed by atoms with E-state index < -0.39 is 0 Å². The van der Waals surface area contributed by atoms with Gasteiger partial charge < -0.3 is 9.84 Å². The fraction of sp³-hybridized carbons (Fsp3) is 0.615. The second kappa shape index (κ2) is 7.56. The van der Waals surface area contributed by atoms with Crippen molar-refractivity contribution in [3.8, 4) is 0 Å². The van der Waals surface area contributed by atoms with Crippen molar-refractivity contribution in [2.24, 2.45) is 0 Å². The monoisotopic (exact) mass is 267 g/mol. The van der Waals surface area contributed by atoms with E-state index in [1.807, 2.05) is 6.92 Å². The minimum absolute atomic E-state index is 0.0154.